The molecule has 21 heavy (non-hydrogen) atoms. The molecular formula is C17H28FN3. The Morgan fingerprint density at radius 1 is 1.38 bits per heavy atom. The molecule has 1 aliphatic rings. The molecule has 1 aromatic rings. The number of nitrogens with one attached hydrogen (secondary N) is 1. The van der Waals surface area contributed by atoms with E-state index in [1.54, 1.807) is 12.1 Å². The fourth-order valence-electron chi connectivity index (χ4n) is 3.19. The van der Waals surface area contributed by atoms with E-state index in [2.05, 4.69) is 29.2 Å². The lowest BCUT2D eigenvalue weighted by Gasteiger charge is -2.36. The highest BCUT2D eigenvalue weighted by Gasteiger charge is 2.21. The molecule has 0 saturated carbocycles. The van der Waals surface area contributed by atoms with E-state index in [4.69, 9.17) is 0 Å². The fourth-order valence-corrected chi connectivity index (χ4v) is 3.19. The van der Waals surface area contributed by atoms with Gasteiger partial charge in [-0.2, -0.15) is 0 Å². The Balaban J connectivity index is 1.86. The predicted octanol–water partition coefficient (Wildman–Crippen LogP) is 2.50. The molecule has 0 radical (unpaired) electrons. The van der Waals surface area contributed by atoms with Crippen molar-refractivity contribution >= 4 is 0 Å². The van der Waals surface area contributed by atoms with Crippen LogP contribution in [0.1, 0.15) is 30.9 Å². The first kappa shape index (κ1) is 16.4. The molecule has 1 aromatic carbocycles. The second kappa shape index (κ2) is 7.87. The Hall–Kier alpha value is -0.970. The summed E-state index contributed by atoms with van der Waals surface area (Å²) in [6.07, 6.45) is 3.62. The molecular weight excluding hydrogens is 265 g/mol. The van der Waals surface area contributed by atoms with Crippen molar-refractivity contribution in [3.8, 4) is 0 Å². The van der Waals surface area contributed by atoms with Crippen LogP contribution >= 0.6 is 0 Å². The van der Waals surface area contributed by atoms with Gasteiger partial charge >= 0.3 is 0 Å². The third kappa shape index (κ3) is 4.77. The SMILES string of the molecule is CNC(CCN(C)C1CCCN(C)C1)c1ccc(F)cc1. The van der Waals surface area contributed by atoms with Crippen molar-refractivity contribution in [3.63, 3.8) is 0 Å². The molecule has 0 aliphatic carbocycles. The van der Waals surface area contributed by atoms with Gasteiger partial charge < -0.3 is 15.1 Å². The number of nitrogens with zero attached hydrogens (tertiary/aromatic N) is 2. The van der Waals surface area contributed by atoms with E-state index in [0.717, 1.165) is 25.1 Å². The molecule has 1 fully saturated rings. The normalized spacial score (nSPS) is 21.7. The van der Waals surface area contributed by atoms with Crippen LogP contribution in [0.2, 0.25) is 0 Å². The minimum Gasteiger partial charge on any atom is -0.313 e. The molecule has 2 rings (SSSR count). The molecule has 2 unspecified atom stereocenters. The summed E-state index contributed by atoms with van der Waals surface area (Å²) in [7, 11) is 6.40. The van der Waals surface area contributed by atoms with Gasteiger partial charge in [0.15, 0.2) is 0 Å². The maximum atomic E-state index is 13.0. The Morgan fingerprint density at radius 3 is 2.71 bits per heavy atom. The smallest absolute Gasteiger partial charge is 0.123 e. The third-order valence-corrected chi connectivity index (χ3v) is 4.61. The second-order valence-electron chi connectivity index (χ2n) is 6.22. The van der Waals surface area contributed by atoms with Gasteiger partial charge in [-0.05, 0) is 71.2 Å². The zero-order valence-electron chi connectivity index (χ0n) is 13.5. The van der Waals surface area contributed by atoms with E-state index < -0.39 is 0 Å². The van der Waals surface area contributed by atoms with Crippen LogP contribution in [0.4, 0.5) is 4.39 Å². The molecule has 1 saturated heterocycles. The number of hydrogen-bond donors (Lipinski definition) is 1. The summed E-state index contributed by atoms with van der Waals surface area (Å²) >= 11 is 0. The van der Waals surface area contributed by atoms with Gasteiger partial charge in [-0.25, -0.2) is 4.39 Å². The second-order valence-corrected chi connectivity index (χ2v) is 6.22. The number of benzene rings is 1. The minimum atomic E-state index is -0.170. The van der Waals surface area contributed by atoms with Crippen molar-refractivity contribution in [1.82, 2.24) is 15.1 Å². The van der Waals surface area contributed by atoms with Crippen LogP contribution < -0.4 is 5.32 Å². The van der Waals surface area contributed by atoms with E-state index in [1.807, 2.05) is 19.2 Å². The molecule has 118 valence electrons. The van der Waals surface area contributed by atoms with E-state index in [0.29, 0.717) is 6.04 Å². The molecule has 0 spiro atoms. The fraction of sp³-hybridized carbons (Fsp3) is 0.647. The average Bonchev–Trinajstić information content (AvgIpc) is 2.49. The minimum absolute atomic E-state index is 0.170. The van der Waals surface area contributed by atoms with Crippen molar-refractivity contribution in [2.45, 2.75) is 31.3 Å². The summed E-state index contributed by atoms with van der Waals surface area (Å²) in [6.45, 7) is 3.44. The molecule has 3 nitrogen and oxygen atoms in total. The van der Waals surface area contributed by atoms with Crippen LogP contribution in [0.3, 0.4) is 0 Å². The quantitative estimate of drug-likeness (QED) is 0.869. The monoisotopic (exact) mass is 293 g/mol. The lowest BCUT2D eigenvalue weighted by atomic mass is 10.0. The van der Waals surface area contributed by atoms with Crippen molar-refractivity contribution in [2.75, 3.05) is 40.8 Å². The first-order valence-corrected chi connectivity index (χ1v) is 7.91. The molecule has 0 amide bonds. The number of likely N-dealkylation sites (tertiary alicyclic amines) is 1. The summed E-state index contributed by atoms with van der Waals surface area (Å²) in [5.74, 6) is -0.170. The van der Waals surface area contributed by atoms with Gasteiger partial charge in [0.05, 0.1) is 0 Å². The van der Waals surface area contributed by atoms with Gasteiger partial charge in [0.2, 0.25) is 0 Å². The highest BCUT2D eigenvalue weighted by Crippen LogP contribution is 2.19. The number of piperidine rings is 1. The van der Waals surface area contributed by atoms with Gasteiger partial charge in [-0.3, -0.25) is 0 Å². The van der Waals surface area contributed by atoms with Gasteiger partial charge in [0.25, 0.3) is 0 Å². The Bertz CT molecular complexity index is 421. The van der Waals surface area contributed by atoms with Gasteiger partial charge in [0, 0.05) is 18.6 Å². The van der Waals surface area contributed by atoms with E-state index in [1.165, 1.54) is 19.4 Å². The first-order chi connectivity index (χ1) is 10.1. The highest BCUT2D eigenvalue weighted by molar-refractivity contribution is 5.19. The molecule has 2 atom stereocenters. The van der Waals surface area contributed by atoms with E-state index in [-0.39, 0.29) is 11.9 Å². The summed E-state index contributed by atoms with van der Waals surface area (Å²) in [5.41, 5.74) is 1.16. The van der Waals surface area contributed by atoms with Crippen LogP contribution in [0.15, 0.2) is 24.3 Å². The van der Waals surface area contributed by atoms with Crippen LogP contribution in [0.25, 0.3) is 0 Å². The van der Waals surface area contributed by atoms with E-state index in [9.17, 15) is 4.39 Å². The van der Waals surface area contributed by atoms with Gasteiger partial charge in [-0.1, -0.05) is 12.1 Å². The van der Waals surface area contributed by atoms with Gasteiger partial charge in [-0.15, -0.1) is 0 Å². The number of rotatable bonds is 6. The van der Waals surface area contributed by atoms with Crippen molar-refractivity contribution < 1.29 is 4.39 Å². The van der Waals surface area contributed by atoms with Gasteiger partial charge in [0.1, 0.15) is 5.82 Å². The standard InChI is InChI=1S/C17H28FN3/c1-19-17(14-6-8-15(18)9-7-14)10-12-21(3)16-5-4-11-20(2)13-16/h6-9,16-17,19H,4-5,10-13H2,1-3H3. The largest absolute Gasteiger partial charge is 0.313 e. The molecule has 1 heterocycles. The van der Waals surface area contributed by atoms with Crippen LogP contribution in [0.5, 0.6) is 0 Å². The van der Waals surface area contributed by atoms with E-state index >= 15 is 0 Å². The maximum absolute atomic E-state index is 13.0. The average molecular weight is 293 g/mol. The van der Waals surface area contributed by atoms with Crippen LogP contribution in [0, 0.1) is 5.82 Å². The van der Waals surface area contributed by atoms with Crippen molar-refractivity contribution in [2.24, 2.45) is 0 Å². The Morgan fingerprint density at radius 2 is 2.10 bits per heavy atom. The number of hydrogen-bond acceptors (Lipinski definition) is 3. The zero-order valence-corrected chi connectivity index (χ0v) is 13.5. The molecule has 0 aromatic heterocycles. The molecule has 1 N–H and O–H groups in total. The third-order valence-electron chi connectivity index (χ3n) is 4.61. The highest BCUT2D eigenvalue weighted by atomic mass is 19.1. The topological polar surface area (TPSA) is 18.5 Å². The molecule has 4 heteroatoms. The van der Waals surface area contributed by atoms with Crippen LogP contribution in [-0.2, 0) is 0 Å². The summed E-state index contributed by atoms with van der Waals surface area (Å²) in [5, 5.41) is 3.35. The lowest BCUT2D eigenvalue weighted by Crippen LogP contribution is -2.45. The Kier molecular flexibility index (Phi) is 6.15. The first-order valence-electron chi connectivity index (χ1n) is 7.91. The molecule has 1 aliphatic heterocycles. The molecule has 0 bridgehead atoms. The van der Waals surface area contributed by atoms with Crippen LogP contribution in [-0.4, -0.2) is 56.6 Å². The number of halogens is 1. The predicted molar refractivity (Wildman–Crippen MR) is 86.0 cm³/mol. The summed E-state index contributed by atoms with van der Waals surface area (Å²) in [4.78, 5) is 4.89. The maximum Gasteiger partial charge on any atom is 0.123 e. The van der Waals surface area contributed by atoms with Crippen molar-refractivity contribution in [3.05, 3.63) is 35.6 Å². The van der Waals surface area contributed by atoms with Crippen molar-refractivity contribution in [1.29, 1.82) is 0 Å². The number of likely N-dealkylation sites (N-methyl/N-ethyl adjacent to an activating group) is 2. The zero-order chi connectivity index (χ0) is 15.2. The lowest BCUT2D eigenvalue weighted by molar-refractivity contribution is 0.131. The summed E-state index contributed by atoms with van der Waals surface area (Å²) < 4.78 is 13.0. The Labute approximate surface area is 128 Å². The summed E-state index contributed by atoms with van der Waals surface area (Å²) in [6, 6.07) is 7.79.